The molecule has 1 heterocycles. The first-order valence-corrected chi connectivity index (χ1v) is 11.7. The van der Waals surface area contributed by atoms with Crippen molar-refractivity contribution in [3.05, 3.63) is 102 Å². The molecule has 5 heteroatoms. The summed E-state index contributed by atoms with van der Waals surface area (Å²) in [6.07, 6.45) is 1.69. The minimum Gasteiger partial charge on any atom is -0.492 e. The van der Waals surface area contributed by atoms with Gasteiger partial charge in [-0.1, -0.05) is 72.8 Å². The Balaban J connectivity index is 1.33. The number of rotatable bonds is 9. The molecule has 0 saturated carbocycles. The molecule has 33 heavy (non-hydrogen) atoms. The predicted octanol–water partition coefficient (Wildman–Crippen LogP) is 4.18. The fourth-order valence-electron chi connectivity index (χ4n) is 4.36. The van der Waals surface area contributed by atoms with E-state index >= 15 is 0 Å². The summed E-state index contributed by atoms with van der Waals surface area (Å²) < 4.78 is 5.81. The van der Waals surface area contributed by atoms with Crippen LogP contribution in [-0.4, -0.2) is 42.2 Å². The molecule has 1 unspecified atom stereocenters. The van der Waals surface area contributed by atoms with Crippen LogP contribution in [-0.2, 0) is 11.4 Å². The van der Waals surface area contributed by atoms with E-state index in [4.69, 9.17) is 4.74 Å². The van der Waals surface area contributed by atoms with Crippen LogP contribution < -0.4 is 10.1 Å². The minimum atomic E-state index is -0.234. The van der Waals surface area contributed by atoms with Gasteiger partial charge in [0.25, 0.3) is 0 Å². The second kappa shape index (κ2) is 11.6. The number of nitrogens with one attached hydrogen (secondary N) is 1. The van der Waals surface area contributed by atoms with Gasteiger partial charge in [0.2, 0.25) is 5.91 Å². The van der Waals surface area contributed by atoms with Crippen molar-refractivity contribution in [2.24, 2.45) is 5.92 Å². The standard InChI is InChI=1S/C28H32N2O3/c31-21-22-8-7-11-25(20-22)27(23-9-3-1-4-10-23)29-28(32)24-14-16-30(17-15-24)18-19-33-26-12-5-2-6-13-26/h1-13,20,24,27,31H,14-19,21H2,(H,29,32). The SMILES string of the molecule is O=C(NC(c1ccccc1)c1cccc(CO)c1)C1CCN(CCOc2ccccc2)CC1. The number of amides is 1. The van der Waals surface area contributed by atoms with Crippen molar-refractivity contribution >= 4 is 5.91 Å². The van der Waals surface area contributed by atoms with E-state index in [9.17, 15) is 9.90 Å². The molecule has 0 spiro atoms. The molecule has 1 saturated heterocycles. The van der Waals surface area contributed by atoms with Gasteiger partial charge in [0, 0.05) is 12.5 Å². The maximum Gasteiger partial charge on any atom is 0.223 e. The van der Waals surface area contributed by atoms with Crippen molar-refractivity contribution in [2.45, 2.75) is 25.5 Å². The van der Waals surface area contributed by atoms with Crippen LogP contribution in [0.5, 0.6) is 5.75 Å². The summed E-state index contributed by atoms with van der Waals surface area (Å²) in [6.45, 7) is 3.29. The zero-order valence-electron chi connectivity index (χ0n) is 18.9. The molecule has 1 aliphatic rings. The average molecular weight is 445 g/mol. The van der Waals surface area contributed by atoms with E-state index in [0.717, 1.165) is 54.9 Å². The third kappa shape index (κ3) is 6.44. The largest absolute Gasteiger partial charge is 0.492 e. The van der Waals surface area contributed by atoms with Crippen LogP contribution in [0.3, 0.4) is 0 Å². The predicted molar refractivity (Wildman–Crippen MR) is 130 cm³/mol. The molecule has 1 atom stereocenters. The van der Waals surface area contributed by atoms with Gasteiger partial charge < -0.3 is 15.2 Å². The highest BCUT2D eigenvalue weighted by Gasteiger charge is 2.27. The number of likely N-dealkylation sites (tertiary alicyclic amines) is 1. The van der Waals surface area contributed by atoms with E-state index in [1.165, 1.54) is 0 Å². The monoisotopic (exact) mass is 444 g/mol. The quantitative estimate of drug-likeness (QED) is 0.520. The first-order chi connectivity index (χ1) is 16.2. The Morgan fingerprint density at radius 2 is 1.61 bits per heavy atom. The molecule has 1 amide bonds. The minimum absolute atomic E-state index is 0.00327. The number of benzene rings is 3. The number of nitrogens with zero attached hydrogens (tertiary/aromatic N) is 1. The first kappa shape index (κ1) is 23.0. The number of piperidine rings is 1. The van der Waals surface area contributed by atoms with Crippen molar-refractivity contribution in [1.29, 1.82) is 0 Å². The van der Waals surface area contributed by atoms with Crippen LogP contribution in [0.1, 0.15) is 35.6 Å². The topological polar surface area (TPSA) is 61.8 Å². The maximum absolute atomic E-state index is 13.2. The van der Waals surface area contributed by atoms with E-state index in [0.29, 0.717) is 6.61 Å². The summed E-state index contributed by atoms with van der Waals surface area (Å²) >= 11 is 0. The van der Waals surface area contributed by atoms with Crippen LogP contribution in [0, 0.1) is 5.92 Å². The lowest BCUT2D eigenvalue weighted by Gasteiger charge is -2.32. The molecule has 3 aromatic carbocycles. The first-order valence-electron chi connectivity index (χ1n) is 11.7. The number of carbonyl (C=O) groups excluding carboxylic acids is 1. The maximum atomic E-state index is 13.2. The molecule has 1 aliphatic heterocycles. The highest BCUT2D eigenvalue weighted by atomic mass is 16.5. The van der Waals surface area contributed by atoms with Gasteiger partial charge in [-0.3, -0.25) is 9.69 Å². The Morgan fingerprint density at radius 3 is 2.30 bits per heavy atom. The van der Waals surface area contributed by atoms with Gasteiger partial charge in [-0.15, -0.1) is 0 Å². The fourth-order valence-corrected chi connectivity index (χ4v) is 4.36. The molecular formula is C28H32N2O3. The van der Waals surface area contributed by atoms with Gasteiger partial charge in [0.15, 0.2) is 0 Å². The Morgan fingerprint density at radius 1 is 0.939 bits per heavy atom. The van der Waals surface area contributed by atoms with E-state index in [1.807, 2.05) is 84.9 Å². The molecule has 2 N–H and O–H groups in total. The van der Waals surface area contributed by atoms with E-state index in [-0.39, 0.29) is 24.5 Å². The van der Waals surface area contributed by atoms with Crippen LogP contribution in [0.25, 0.3) is 0 Å². The fraction of sp³-hybridized carbons (Fsp3) is 0.321. The zero-order valence-corrected chi connectivity index (χ0v) is 18.9. The third-order valence-corrected chi connectivity index (χ3v) is 6.26. The van der Waals surface area contributed by atoms with Gasteiger partial charge in [0.1, 0.15) is 12.4 Å². The smallest absolute Gasteiger partial charge is 0.223 e. The van der Waals surface area contributed by atoms with Crippen LogP contribution >= 0.6 is 0 Å². The Labute approximate surface area is 196 Å². The lowest BCUT2D eigenvalue weighted by atomic mass is 9.93. The lowest BCUT2D eigenvalue weighted by molar-refractivity contribution is -0.127. The van der Waals surface area contributed by atoms with Crippen molar-refractivity contribution < 1.29 is 14.6 Å². The number of ether oxygens (including phenoxy) is 1. The van der Waals surface area contributed by atoms with Crippen molar-refractivity contribution in [3.63, 3.8) is 0 Å². The molecule has 4 rings (SSSR count). The summed E-state index contributed by atoms with van der Waals surface area (Å²) in [6, 6.07) is 27.4. The molecule has 172 valence electrons. The van der Waals surface area contributed by atoms with Crippen LogP contribution in [0.4, 0.5) is 0 Å². The van der Waals surface area contributed by atoms with E-state index in [2.05, 4.69) is 10.2 Å². The Hall–Kier alpha value is -3.15. The number of aliphatic hydroxyl groups excluding tert-OH is 1. The number of hydrogen-bond acceptors (Lipinski definition) is 4. The molecule has 0 radical (unpaired) electrons. The summed E-state index contributed by atoms with van der Waals surface area (Å²) in [5.74, 6) is 0.992. The van der Waals surface area contributed by atoms with Crippen molar-refractivity contribution in [1.82, 2.24) is 10.2 Å². The summed E-state index contributed by atoms with van der Waals surface area (Å²) in [4.78, 5) is 15.6. The molecule has 1 fully saturated rings. The van der Waals surface area contributed by atoms with Crippen LogP contribution in [0.15, 0.2) is 84.9 Å². The highest BCUT2D eigenvalue weighted by Crippen LogP contribution is 2.25. The average Bonchev–Trinajstić information content (AvgIpc) is 2.88. The number of para-hydroxylation sites is 1. The molecule has 3 aromatic rings. The van der Waals surface area contributed by atoms with Crippen molar-refractivity contribution in [3.8, 4) is 5.75 Å². The van der Waals surface area contributed by atoms with E-state index in [1.54, 1.807) is 0 Å². The molecule has 0 bridgehead atoms. The number of hydrogen-bond donors (Lipinski definition) is 2. The molecule has 5 nitrogen and oxygen atoms in total. The number of aliphatic hydroxyl groups is 1. The lowest BCUT2D eigenvalue weighted by Crippen LogP contribution is -2.42. The van der Waals surface area contributed by atoms with E-state index < -0.39 is 0 Å². The molecule has 0 aliphatic carbocycles. The molecule has 0 aromatic heterocycles. The van der Waals surface area contributed by atoms with Gasteiger partial charge >= 0.3 is 0 Å². The van der Waals surface area contributed by atoms with Crippen molar-refractivity contribution in [2.75, 3.05) is 26.2 Å². The summed E-state index contributed by atoms with van der Waals surface area (Å²) in [7, 11) is 0. The highest BCUT2D eigenvalue weighted by molar-refractivity contribution is 5.79. The normalized spacial score (nSPS) is 15.7. The van der Waals surface area contributed by atoms with Gasteiger partial charge in [-0.05, 0) is 54.8 Å². The second-order valence-corrected chi connectivity index (χ2v) is 8.53. The molecular weight excluding hydrogens is 412 g/mol. The number of carbonyl (C=O) groups is 1. The van der Waals surface area contributed by atoms with Gasteiger partial charge in [-0.2, -0.15) is 0 Å². The van der Waals surface area contributed by atoms with Gasteiger partial charge in [-0.25, -0.2) is 0 Å². The summed E-state index contributed by atoms with van der Waals surface area (Å²) in [5.41, 5.74) is 2.86. The Kier molecular flexibility index (Phi) is 8.12. The zero-order chi connectivity index (χ0) is 22.9. The van der Waals surface area contributed by atoms with Crippen LogP contribution in [0.2, 0.25) is 0 Å². The second-order valence-electron chi connectivity index (χ2n) is 8.53. The summed E-state index contributed by atoms with van der Waals surface area (Å²) in [5, 5.41) is 12.8. The third-order valence-electron chi connectivity index (χ3n) is 6.26. The Bertz CT molecular complexity index is 1000. The van der Waals surface area contributed by atoms with Gasteiger partial charge in [0.05, 0.1) is 12.6 Å².